The number of carbonyl (C=O) groups excluding carboxylic acids is 1. The third-order valence-corrected chi connectivity index (χ3v) is 4.63. The van der Waals surface area contributed by atoms with Crippen LogP contribution in [0.2, 0.25) is 0 Å². The van der Waals surface area contributed by atoms with Gasteiger partial charge in [0.05, 0.1) is 12.1 Å². The fourth-order valence-electron chi connectivity index (χ4n) is 3.22. The molecule has 2 aliphatic heterocycles. The number of carbonyl (C=O) groups is 1. The smallest absolute Gasteiger partial charge is 0.251 e. The molecule has 21 heavy (non-hydrogen) atoms. The van der Waals surface area contributed by atoms with E-state index in [2.05, 4.69) is 28.8 Å². The van der Waals surface area contributed by atoms with Gasteiger partial charge in [0.2, 0.25) is 0 Å². The lowest BCUT2D eigenvalue weighted by Gasteiger charge is -2.39. The minimum absolute atomic E-state index is 0.140. The SMILES string of the molecule is CC[C@@H]1CC[C@H](C(=O)N2CCN(C)[C@@H](c3ncc[nH]3)C2)O1. The highest BCUT2D eigenvalue weighted by molar-refractivity contribution is 5.81. The lowest BCUT2D eigenvalue weighted by Crippen LogP contribution is -2.51. The van der Waals surface area contributed by atoms with E-state index in [9.17, 15) is 4.79 Å². The summed E-state index contributed by atoms with van der Waals surface area (Å²) in [6.07, 6.45) is 6.45. The van der Waals surface area contributed by atoms with Crippen LogP contribution in [-0.2, 0) is 9.53 Å². The summed E-state index contributed by atoms with van der Waals surface area (Å²) in [7, 11) is 2.08. The van der Waals surface area contributed by atoms with Crippen molar-refractivity contribution in [3.05, 3.63) is 18.2 Å². The van der Waals surface area contributed by atoms with Gasteiger partial charge in [-0.05, 0) is 26.3 Å². The molecule has 0 aromatic carbocycles. The number of imidazole rings is 1. The van der Waals surface area contributed by atoms with E-state index in [0.29, 0.717) is 6.54 Å². The number of hydrogen-bond acceptors (Lipinski definition) is 4. The van der Waals surface area contributed by atoms with E-state index >= 15 is 0 Å². The van der Waals surface area contributed by atoms with Gasteiger partial charge in [0.15, 0.2) is 0 Å². The molecule has 0 spiro atoms. The van der Waals surface area contributed by atoms with Gasteiger partial charge in [-0.3, -0.25) is 9.69 Å². The maximum Gasteiger partial charge on any atom is 0.251 e. The van der Waals surface area contributed by atoms with Gasteiger partial charge < -0.3 is 14.6 Å². The van der Waals surface area contributed by atoms with Crippen LogP contribution in [-0.4, -0.2) is 64.6 Å². The fraction of sp³-hybridized carbons (Fsp3) is 0.733. The average molecular weight is 292 g/mol. The highest BCUT2D eigenvalue weighted by Gasteiger charge is 2.36. The summed E-state index contributed by atoms with van der Waals surface area (Å²) in [5.74, 6) is 1.07. The minimum Gasteiger partial charge on any atom is -0.365 e. The molecule has 2 saturated heterocycles. The van der Waals surface area contributed by atoms with Crippen LogP contribution in [0.4, 0.5) is 0 Å². The van der Waals surface area contributed by atoms with Crippen molar-refractivity contribution >= 4 is 5.91 Å². The Morgan fingerprint density at radius 1 is 1.48 bits per heavy atom. The molecule has 0 aliphatic carbocycles. The molecule has 116 valence electrons. The molecule has 0 saturated carbocycles. The number of amides is 1. The van der Waals surface area contributed by atoms with Crippen LogP contribution < -0.4 is 0 Å². The van der Waals surface area contributed by atoms with E-state index in [4.69, 9.17) is 4.74 Å². The van der Waals surface area contributed by atoms with E-state index in [1.54, 1.807) is 6.20 Å². The molecule has 3 atom stereocenters. The van der Waals surface area contributed by atoms with Crippen LogP contribution in [0, 0.1) is 0 Å². The summed E-state index contributed by atoms with van der Waals surface area (Å²) < 4.78 is 5.85. The highest BCUT2D eigenvalue weighted by Crippen LogP contribution is 2.26. The zero-order valence-electron chi connectivity index (χ0n) is 12.8. The number of piperazine rings is 1. The van der Waals surface area contributed by atoms with Gasteiger partial charge in [0.25, 0.3) is 5.91 Å². The largest absolute Gasteiger partial charge is 0.365 e. The van der Waals surface area contributed by atoms with Crippen molar-refractivity contribution in [3.63, 3.8) is 0 Å². The summed E-state index contributed by atoms with van der Waals surface area (Å²) in [5, 5.41) is 0. The summed E-state index contributed by atoms with van der Waals surface area (Å²) in [4.78, 5) is 24.3. The molecule has 1 aromatic heterocycles. The Bertz CT molecular complexity index is 476. The lowest BCUT2D eigenvalue weighted by atomic mass is 10.1. The molecule has 1 N–H and O–H groups in total. The second-order valence-corrected chi connectivity index (χ2v) is 5.99. The molecule has 6 heteroatoms. The third kappa shape index (κ3) is 2.96. The molecule has 0 bridgehead atoms. The Labute approximate surface area is 125 Å². The van der Waals surface area contributed by atoms with Gasteiger partial charge in [-0.25, -0.2) is 4.98 Å². The number of aromatic amines is 1. The van der Waals surface area contributed by atoms with Gasteiger partial charge in [-0.2, -0.15) is 0 Å². The monoisotopic (exact) mass is 292 g/mol. The minimum atomic E-state index is -0.240. The summed E-state index contributed by atoms with van der Waals surface area (Å²) in [5.41, 5.74) is 0. The van der Waals surface area contributed by atoms with Crippen molar-refractivity contribution in [1.82, 2.24) is 19.8 Å². The number of nitrogens with one attached hydrogen (secondary N) is 1. The molecular formula is C15H24N4O2. The summed E-state index contributed by atoms with van der Waals surface area (Å²) >= 11 is 0. The Kier molecular flexibility index (Phi) is 4.26. The number of ether oxygens (including phenoxy) is 1. The number of H-pyrrole nitrogens is 1. The molecule has 1 aromatic rings. The average Bonchev–Trinajstić information content (AvgIpc) is 3.18. The van der Waals surface area contributed by atoms with Crippen LogP contribution >= 0.6 is 0 Å². The predicted molar refractivity (Wildman–Crippen MR) is 78.7 cm³/mol. The predicted octanol–water partition coefficient (Wildman–Crippen LogP) is 1.18. The van der Waals surface area contributed by atoms with Crippen molar-refractivity contribution < 1.29 is 9.53 Å². The molecule has 3 heterocycles. The lowest BCUT2D eigenvalue weighted by molar-refractivity contribution is -0.145. The maximum atomic E-state index is 12.6. The molecule has 0 radical (unpaired) electrons. The van der Waals surface area contributed by atoms with Crippen molar-refractivity contribution in [2.24, 2.45) is 0 Å². The highest BCUT2D eigenvalue weighted by atomic mass is 16.5. The Balaban J connectivity index is 1.65. The normalized spacial score (nSPS) is 30.8. The van der Waals surface area contributed by atoms with Crippen molar-refractivity contribution in [2.45, 2.75) is 44.4 Å². The zero-order valence-corrected chi connectivity index (χ0v) is 12.8. The van der Waals surface area contributed by atoms with Gasteiger partial charge in [0, 0.05) is 32.0 Å². The van der Waals surface area contributed by atoms with Crippen LogP contribution in [0.5, 0.6) is 0 Å². The first-order valence-electron chi connectivity index (χ1n) is 7.82. The first-order valence-corrected chi connectivity index (χ1v) is 7.82. The first-order chi connectivity index (χ1) is 10.2. The van der Waals surface area contributed by atoms with Crippen LogP contribution in [0.25, 0.3) is 0 Å². The standard InChI is InChI=1S/C15H24N4O2/c1-3-11-4-5-13(21-11)15(20)19-9-8-18(2)12(10-19)14-16-6-7-17-14/h6-7,11-13H,3-5,8-10H2,1-2H3,(H,16,17)/t11-,12-,13-/m1/s1. The molecule has 2 aliphatic rings. The third-order valence-electron chi connectivity index (χ3n) is 4.63. The van der Waals surface area contributed by atoms with E-state index in [-0.39, 0.29) is 24.2 Å². The molecule has 2 fully saturated rings. The summed E-state index contributed by atoms with van der Waals surface area (Å²) in [6, 6.07) is 0.140. The molecule has 3 rings (SSSR count). The maximum absolute atomic E-state index is 12.6. The molecule has 1 amide bonds. The van der Waals surface area contributed by atoms with Gasteiger partial charge in [-0.15, -0.1) is 0 Å². The quantitative estimate of drug-likeness (QED) is 0.909. The van der Waals surface area contributed by atoms with Crippen molar-refractivity contribution in [1.29, 1.82) is 0 Å². The van der Waals surface area contributed by atoms with Crippen molar-refractivity contribution in [3.8, 4) is 0 Å². The topological polar surface area (TPSA) is 61.5 Å². The van der Waals surface area contributed by atoms with E-state index in [0.717, 1.165) is 38.2 Å². The van der Waals surface area contributed by atoms with Crippen LogP contribution in [0.1, 0.15) is 38.1 Å². The van der Waals surface area contributed by atoms with Crippen LogP contribution in [0.15, 0.2) is 12.4 Å². The number of aromatic nitrogens is 2. The number of rotatable bonds is 3. The van der Waals surface area contributed by atoms with E-state index in [1.807, 2.05) is 11.1 Å². The number of hydrogen-bond donors (Lipinski definition) is 1. The fourth-order valence-corrected chi connectivity index (χ4v) is 3.22. The molecule has 6 nitrogen and oxygen atoms in total. The number of nitrogens with zero attached hydrogens (tertiary/aromatic N) is 3. The van der Waals surface area contributed by atoms with Gasteiger partial charge >= 0.3 is 0 Å². The molecule has 0 unspecified atom stereocenters. The zero-order chi connectivity index (χ0) is 14.8. The second-order valence-electron chi connectivity index (χ2n) is 5.99. The van der Waals surface area contributed by atoms with Crippen molar-refractivity contribution in [2.75, 3.05) is 26.7 Å². The Morgan fingerprint density at radius 3 is 3.00 bits per heavy atom. The second kappa shape index (κ2) is 6.15. The Morgan fingerprint density at radius 2 is 2.33 bits per heavy atom. The van der Waals surface area contributed by atoms with E-state index < -0.39 is 0 Å². The van der Waals surface area contributed by atoms with Gasteiger partial charge in [-0.1, -0.05) is 6.92 Å². The first kappa shape index (κ1) is 14.5. The van der Waals surface area contributed by atoms with E-state index in [1.165, 1.54) is 0 Å². The molecular weight excluding hydrogens is 268 g/mol. The van der Waals surface area contributed by atoms with Crippen LogP contribution in [0.3, 0.4) is 0 Å². The summed E-state index contributed by atoms with van der Waals surface area (Å²) in [6.45, 7) is 4.42. The van der Waals surface area contributed by atoms with Gasteiger partial charge in [0.1, 0.15) is 11.9 Å². The Hall–Kier alpha value is -1.40. The number of likely N-dealkylation sites (N-methyl/N-ethyl adjacent to an activating group) is 1.